The third kappa shape index (κ3) is 2.76. The van der Waals surface area contributed by atoms with Gasteiger partial charge in [0.2, 0.25) is 0 Å². The Morgan fingerprint density at radius 1 is 1.53 bits per heavy atom. The standard InChI is InChI=1S/C13H12ClFN2O2/c1-8-16-6-12(13(18)19-2)17(8)7-9-3-4-10(15)5-11(9)14/h3-6H,7H2,1-2H3. The molecule has 1 aromatic carbocycles. The molecule has 4 nitrogen and oxygen atoms in total. The van der Waals surface area contributed by atoms with Crippen LogP contribution in [0.4, 0.5) is 4.39 Å². The number of nitrogens with zero attached hydrogens (tertiary/aromatic N) is 2. The number of hydrogen-bond acceptors (Lipinski definition) is 3. The van der Waals surface area contributed by atoms with E-state index in [2.05, 4.69) is 9.72 Å². The number of hydrogen-bond donors (Lipinski definition) is 0. The number of carbonyl (C=O) groups is 1. The Morgan fingerprint density at radius 2 is 2.26 bits per heavy atom. The fourth-order valence-electron chi connectivity index (χ4n) is 1.76. The van der Waals surface area contributed by atoms with Gasteiger partial charge in [-0.05, 0) is 24.6 Å². The van der Waals surface area contributed by atoms with E-state index in [-0.39, 0.29) is 0 Å². The van der Waals surface area contributed by atoms with E-state index < -0.39 is 11.8 Å². The van der Waals surface area contributed by atoms with E-state index in [0.29, 0.717) is 28.6 Å². The number of benzene rings is 1. The molecule has 0 aliphatic rings. The van der Waals surface area contributed by atoms with Crippen LogP contribution in [0.3, 0.4) is 0 Å². The van der Waals surface area contributed by atoms with Crippen molar-refractivity contribution in [1.29, 1.82) is 0 Å². The molecule has 1 aromatic heterocycles. The molecular weight excluding hydrogens is 271 g/mol. The molecule has 2 rings (SSSR count). The van der Waals surface area contributed by atoms with Crippen molar-refractivity contribution in [3.63, 3.8) is 0 Å². The SMILES string of the molecule is COC(=O)c1cnc(C)n1Cc1ccc(F)cc1Cl. The van der Waals surface area contributed by atoms with E-state index in [1.165, 1.54) is 25.4 Å². The third-order valence-electron chi connectivity index (χ3n) is 2.79. The lowest BCUT2D eigenvalue weighted by molar-refractivity contribution is 0.0588. The molecule has 19 heavy (non-hydrogen) atoms. The molecule has 0 spiro atoms. The Morgan fingerprint density at radius 3 is 2.89 bits per heavy atom. The summed E-state index contributed by atoms with van der Waals surface area (Å²) in [5.41, 5.74) is 1.04. The maximum atomic E-state index is 13.0. The molecule has 0 fully saturated rings. The molecule has 6 heteroatoms. The van der Waals surface area contributed by atoms with E-state index in [4.69, 9.17) is 11.6 Å². The smallest absolute Gasteiger partial charge is 0.356 e. The molecule has 2 aromatic rings. The Balaban J connectivity index is 2.38. The van der Waals surface area contributed by atoms with Gasteiger partial charge in [-0.25, -0.2) is 14.2 Å². The van der Waals surface area contributed by atoms with E-state index in [1.54, 1.807) is 17.6 Å². The van der Waals surface area contributed by atoms with Crippen LogP contribution in [-0.4, -0.2) is 22.6 Å². The molecule has 0 amide bonds. The van der Waals surface area contributed by atoms with Crippen LogP contribution in [0.25, 0.3) is 0 Å². The van der Waals surface area contributed by atoms with Crippen LogP contribution >= 0.6 is 11.6 Å². The van der Waals surface area contributed by atoms with Crippen molar-refractivity contribution in [1.82, 2.24) is 9.55 Å². The predicted molar refractivity (Wildman–Crippen MR) is 68.8 cm³/mol. The summed E-state index contributed by atoms with van der Waals surface area (Å²) in [6.07, 6.45) is 1.44. The second kappa shape index (κ2) is 5.40. The molecule has 0 radical (unpaired) electrons. The van der Waals surface area contributed by atoms with Crippen LogP contribution in [0.2, 0.25) is 5.02 Å². The Kier molecular flexibility index (Phi) is 3.85. The van der Waals surface area contributed by atoms with Crippen LogP contribution < -0.4 is 0 Å². The van der Waals surface area contributed by atoms with Gasteiger partial charge in [0.15, 0.2) is 0 Å². The van der Waals surface area contributed by atoms with E-state index in [0.717, 1.165) is 0 Å². The first kappa shape index (κ1) is 13.5. The first-order chi connectivity index (χ1) is 9.02. The van der Waals surface area contributed by atoms with Gasteiger partial charge in [-0.1, -0.05) is 17.7 Å². The third-order valence-corrected chi connectivity index (χ3v) is 3.15. The van der Waals surface area contributed by atoms with Gasteiger partial charge >= 0.3 is 5.97 Å². The summed E-state index contributed by atoms with van der Waals surface area (Å²) in [5.74, 6) is -0.219. The fourth-order valence-corrected chi connectivity index (χ4v) is 1.98. The van der Waals surface area contributed by atoms with Crippen molar-refractivity contribution in [2.75, 3.05) is 7.11 Å². The van der Waals surface area contributed by atoms with Crippen LogP contribution in [-0.2, 0) is 11.3 Å². The second-order valence-corrected chi connectivity index (χ2v) is 4.41. The zero-order valence-corrected chi connectivity index (χ0v) is 11.2. The number of methoxy groups -OCH3 is 1. The largest absolute Gasteiger partial charge is 0.464 e. The van der Waals surface area contributed by atoms with Gasteiger partial charge in [-0.2, -0.15) is 0 Å². The number of carbonyl (C=O) groups excluding carboxylic acids is 1. The lowest BCUT2D eigenvalue weighted by Crippen LogP contribution is -2.13. The lowest BCUT2D eigenvalue weighted by atomic mass is 10.2. The van der Waals surface area contributed by atoms with Gasteiger partial charge in [-0.3, -0.25) is 0 Å². The minimum Gasteiger partial charge on any atom is -0.464 e. The van der Waals surface area contributed by atoms with E-state index >= 15 is 0 Å². The maximum absolute atomic E-state index is 13.0. The molecule has 0 bridgehead atoms. The highest BCUT2D eigenvalue weighted by Crippen LogP contribution is 2.20. The summed E-state index contributed by atoms with van der Waals surface area (Å²) < 4.78 is 19.3. The topological polar surface area (TPSA) is 44.1 Å². The summed E-state index contributed by atoms with van der Waals surface area (Å²) in [6, 6.07) is 4.14. The minimum atomic E-state index is -0.473. The Bertz CT molecular complexity index is 625. The van der Waals surface area contributed by atoms with E-state index in [9.17, 15) is 9.18 Å². The summed E-state index contributed by atoms with van der Waals surface area (Å²) in [7, 11) is 1.31. The van der Waals surface area contributed by atoms with Crippen molar-refractivity contribution >= 4 is 17.6 Å². The average molecular weight is 283 g/mol. The normalized spacial score (nSPS) is 10.5. The molecule has 0 aliphatic heterocycles. The number of aryl methyl sites for hydroxylation is 1. The number of imidazole rings is 1. The number of halogens is 2. The first-order valence-corrected chi connectivity index (χ1v) is 5.95. The van der Waals surface area contributed by atoms with Gasteiger partial charge in [0, 0.05) is 5.02 Å². The van der Waals surface area contributed by atoms with Crippen molar-refractivity contribution in [2.45, 2.75) is 13.5 Å². The van der Waals surface area contributed by atoms with Crippen LogP contribution in [0, 0.1) is 12.7 Å². The zero-order valence-electron chi connectivity index (χ0n) is 10.5. The number of esters is 1. The highest BCUT2D eigenvalue weighted by atomic mass is 35.5. The van der Waals surface area contributed by atoms with Gasteiger partial charge in [0.1, 0.15) is 17.3 Å². The van der Waals surface area contributed by atoms with E-state index in [1.807, 2.05) is 0 Å². The van der Waals surface area contributed by atoms with Gasteiger partial charge in [0.05, 0.1) is 19.9 Å². The Hall–Kier alpha value is -1.88. The maximum Gasteiger partial charge on any atom is 0.356 e. The van der Waals surface area contributed by atoms with Crippen molar-refractivity contribution in [3.8, 4) is 0 Å². The molecule has 0 aliphatic carbocycles. The molecule has 1 heterocycles. The van der Waals surface area contributed by atoms with Gasteiger partial charge in [0.25, 0.3) is 0 Å². The highest BCUT2D eigenvalue weighted by molar-refractivity contribution is 6.31. The molecule has 0 atom stereocenters. The molecular formula is C13H12ClFN2O2. The second-order valence-electron chi connectivity index (χ2n) is 4.00. The first-order valence-electron chi connectivity index (χ1n) is 5.57. The highest BCUT2D eigenvalue weighted by Gasteiger charge is 2.16. The molecule has 0 N–H and O–H groups in total. The summed E-state index contributed by atoms with van der Waals surface area (Å²) in [5, 5.41) is 0.309. The molecule has 0 saturated heterocycles. The fraction of sp³-hybridized carbons (Fsp3) is 0.231. The van der Waals surface area contributed by atoms with Crippen molar-refractivity contribution in [2.24, 2.45) is 0 Å². The van der Waals surface area contributed by atoms with Crippen LogP contribution in [0.5, 0.6) is 0 Å². The summed E-state index contributed by atoms with van der Waals surface area (Å²) in [6.45, 7) is 2.10. The zero-order chi connectivity index (χ0) is 14.0. The summed E-state index contributed by atoms with van der Waals surface area (Å²) in [4.78, 5) is 15.7. The predicted octanol–water partition coefficient (Wildman–Crippen LogP) is 2.82. The molecule has 0 saturated carbocycles. The average Bonchev–Trinajstić information content (AvgIpc) is 2.73. The molecule has 0 unspecified atom stereocenters. The number of aromatic nitrogens is 2. The summed E-state index contributed by atoms with van der Waals surface area (Å²) >= 11 is 5.97. The van der Waals surface area contributed by atoms with Gasteiger partial charge in [-0.15, -0.1) is 0 Å². The van der Waals surface area contributed by atoms with Crippen molar-refractivity contribution in [3.05, 3.63) is 52.3 Å². The monoisotopic (exact) mass is 282 g/mol. The molecule has 100 valence electrons. The minimum absolute atomic E-state index is 0.309. The Labute approximate surface area is 114 Å². The lowest BCUT2D eigenvalue weighted by Gasteiger charge is -2.10. The quantitative estimate of drug-likeness (QED) is 0.813. The number of rotatable bonds is 3. The van der Waals surface area contributed by atoms with Crippen molar-refractivity contribution < 1.29 is 13.9 Å². The number of ether oxygens (including phenoxy) is 1. The van der Waals surface area contributed by atoms with Crippen LogP contribution in [0.15, 0.2) is 24.4 Å². The van der Waals surface area contributed by atoms with Gasteiger partial charge < -0.3 is 9.30 Å². The van der Waals surface area contributed by atoms with Crippen LogP contribution in [0.1, 0.15) is 21.9 Å².